The molecule has 19 heavy (non-hydrogen) atoms. The smallest absolute Gasteiger partial charge is 0.254 e. The van der Waals surface area contributed by atoms with Gasteiger partial charge in [-0.3, -0.25) is 9.59 Å². The van der Waals surface area contributed by atoms with Gasteiger partial charge in [-0.2, -0.15) is 0 Å². The monoisotopic (exact) mass is 373 g/mol. The van der Waals surface area contributed by atoms with Gasteiger partial charge < -0.3 is 15.5 Å². The van der Waals surface area contributed by atoms with Crippen LogP contribution in [0.2, 0.25) is 0 Å². The van der Waals surface area contributed by atoms with Crippen molar-refractivity contribution < 1.29 is 9.59 Å². The molecule has 2 rings (SSSR count). The number of amides is 2. The van der Waals surface area contributed by atoms with Crippen molar-refractivity contribution in [1.29, 1.82) is 0 Å². The lowest BCUT2D eigenvalue weighted by Crippen LogP contribution is -2.59. The highest BCUT2D eigenvalue weighted by molar-refractivity contribution is 14.1. The van der Waals surface area contributed by atoms with Crippen molar-refractivity contribution in [3.8, 4) is 0 Å². The second-order valence-corrected chi connectivity index (χ2v) is 5.59. The summed E-state index contributed by atoms with van der Waals surface area (Å²) in [5.74, 6) is -0.224. The van der Waals surface area contributed by atoms with E-state index in [1.54, 1.807) is 24.1 Å². The SMILES string of the molecule is CNC(=O)C1CNCCN1C(=O)c1ccc(I)cc1. The van der Waals surface area contributed by atoms with Crippen molar-refractivity contribution in [2.75, 3.05) is 26.7 Å². The second kappa shape index (κ2) is 6.33. The number of carbonyl (C=O) groups excluding carboxylic acids is 2. The molecule has 1 aromatic rings. The van der Waals surface area contributed by atoms with Gasteiger partial charge in [-0.25, -0.2) is 0 Å². The fourth-order valence-electron chi connectivity index (χ4n) is 2.11. The van der Waals surface area contributed by atoms with Crippen LogP contribution in [-0.4, -0.2) is 49.4 Å². The summed E-state index contributed by atoms with van der Waals surface area (Å²) in [5.41, 5.74) is 0.621. The van der Waals surface area contributed by atoms with Crippen LogP contribution < -0.4 is 10.6 Å². The van der Waals surface area contributed by atoms with E-state index in [2.05, 4.69) is 33.2 Å². The number of carbonyl (C=O) groups is 2. The molecule has 1 aliphatic heterocycles. The summed E-state index contributed by atoms with van der Waals surface area (Å²) in [5, 5.41) is 5.75. The Kier molecular flexibility index (Phi) is 4.76. The van der Waals surface area contributed by atoms with Crippen LogP contribution in [0, 0.1) is 3.57 Å². The summed E-state index contributed by atoms with van der Waals surface area (Å²) in [6.07, 6.45) is 0. The summed E-state index contributed by atoms with van der Waals surface area (Å²) in [7, 11) is 1.59. The first-order valence-corrected chi connectivity index (χ1v) is 7.20. The first-order chi connectivity index (χ1) is 9.13. The molecule has 1 aromatic carbocycles. The number of halogens is 1. The summed E-state index contributed by atoms with van der Waals surface area (Å²) < 4.78 is 1.08. The van der Waals surface area contributed by atoms with E-state index in [1.165, 1.54) is 0 Å². The predicted octanol–water partition coefficient (Wildman–Crippen LogP) is 0.451. The van der Waals surface area contributed by atoms with Crippen LogP contribution in [0.4, 0.5) is 0 Å². The molecule has 0 radical (unpaired) electrons. The molecular formula is C13H16IN3O2. The van der Waals surface area contributed by atoms with Crippen molar-refractivity contribution in [1.82, 2.24) is 15.5 Å². The summed E-state index contributed by atoms with van der Waals surface area (Å²) in [6.45, 7) is 1.75. The van der Waals surface area contributed by atoms with Gasteiger partial charge in [-0.15, -0.1) is 0 Å². The van der Waals surface area contributed by atoms with Gasteiger partial charge in [-0.1, -0.05) is 0 Å². The molecule has 5 nitrogen and oxygen atoms in total. The van der Waals surface area contributed by atoms with E-state index in [0.717, 1.165) is 3.57 Å². The number of likely N-dealkylation sites (N-methyl/N-ethyl adjacent to an activating group) is 1. The standard InChI is InChI=1S/C13H16IN3O2/c1-15-12(18)11-8-16-6-7-17(11)13(19)9-2-4-10(14)5-3-9/h2-5,11,16H,6-8H2,1H3,(H,15,18). The van der Waals surface area contributed by atoms with Crippen LogP contribution >= 0.6 is 22.6 Å². The van der Waals surface area contributed by atoms with Crippen LogP contribution in [0.5, 0.6) is 0 Å². The molecule has 102 valence electrons. The number of nitrogens with one attached hydrogen (secondary N) is 2. The lowest BCUT2D eigenvalue weighted by Gasteiger charge is -2.35. The largest absolute Gasteiger partial charge is 0.357 e. The zero-order valence-corrected chi connectivity index (χ0v) is 12.8. The van der Waals surface area contributed by atoms with E-state index in [1.807, 2.05) is 12.1 Å². The Morgan fingerprint density at radius 2 is 2.05 bits per heavy atom. The Morgan fingerprint density at radius 3 is 2.68 bits per heavy atom. The normalized spacial score (nSPS) is 19.1. The van der Waals surface area contributed by atoms with Gasteiger partial charge in [-0.05, 0) is 46.9 Å². The second-order valence-electron chi connectivity index (χ2n) is 4.34. The molecule has 0 spiro atoms. The fraction of sp³-hybridized carbons (Fsp3) is 0.385. The average Bonchev–Trinajstić information content (AvgIpc) is 2.46. The van der Waals surface area contributed by atoms with Gasteiger partial charge in [0, 0.05) is 35.8 Å². The summed E-state index contributed by atoms with van der Waals surface area (Å²) in [4.78, 5) is 25.9. The highest BCUT2D eigenvalue weighted by Gasteiger charge is 2.31. The van der Waals surface area contributed by atoms with E-state index < -0.39 is 6.04 Å². The molecule has 0 saturated carbocycles. The Hall–Kier alpha value is -1.15. The van der Waals surface area contributed by atoms with Crippen LogP contribution in [0.25, 0.3) is 0 Å². The molecule has 2 N–H and O–H groups in total. The molecule has 1 fully saturated rings. The molecule has 6 heteroatoms. The van der Waals surface area contributed by atoms with Gasteiger partial charge in [0.1, 0.15) is 6.04 Å². The Bertz CT molecular complexity index is 475. The maximum absolute atomic E-state index is 12.5. The molecule has 1 aliphatic rings. The molecule has 1 saturated heterocycles. The third-order valence-electron chi connectivity index (χ3n) is 3.14. The molecular weight excluding hydrogens is 357 g/mol. The molecule has 0 bridgehead atoms. The maximum Gasteiger partial charge on any atom is 0.254 e. The van der Waals surface area contributed by atoms with Crippen molar-refractivity contribution >= 4 is 34.4 Å². The first-order valence-electron chi connectivity index (χ1n) is 6.12. The number of hydrogen-bond donors (Lipinski definition) is 2. The van der Waals surface area contributed by atoms with Crippen LogP contribution in [0.15, 0.2) is 24.3 Å². The number of benzene rings is 1. The highest BCUT2D eigenvalue weighted by atomic mass is 127. The van der Waals surface area contributed by atoms with Crippen molar-refractivity contribution in [2.45, 2.75) is 6.04 Å². The minimum atomic E-state index is -0.439. The van der Waals surface area contributed by atoms with Gasteiger partial charge in [0.25, 0.3) is 5.91 Å². The Labute approximate surface area is 125 Å². The first kappa shape index (κ1) is 14.3. The van der Waals surface area contributed by atoms with E-state index in [0.29, 0.717) is 25.2 Å². The predicted molar refractivity (Wildman–Crippen MR) is 80.9 cm³/mol. The van der Waals surface area contributed by atoms with Crippen molar-refractivity contribution in [3.05, 3.63) is 33.4 Å². The fourth-order valence-corrected chi connectivity index (χ4v) is 2.47. The van der Waals surface area contributed by atoms with Crippen LogP contribution in [-0.2, 0) is 4.79 Å². The van der Waals surface area contributed by atoms with E-state index in [9.17, 15) is 9.59 Å². The van der Waals surface area contributed by atoms with Gasteiger partial charge >= 0.3 is 0 Å². The zero-order valence-electron chi connectivity index (χ0n) is 10.6. The number of nitrogens with zero attached hydrogens (tertiary/aromatic N) is 1. The minimum absolute atomic E-state index is 0.0912. The topological polar surface area (TPSA) is 61.4 Å². The Balaban J connectivity index is 2.20. The molecule has 0 aliphatic carbocycles. The Morgan fingerprint density at radius 1 is 1.37 bits per heavy atom. The van der Waals surface area contributed by atoms with E-state index in [4.69, 9.17) is 0 Å². The zero-order chi connectivity index (χ0) is 13.8. The molecule has 1 atom stereocenters. The van der Waals surface area contributed by atoms with Crippen molar-refractivity contribution in [2.24, 2.45) is 0 Å². The van der Waals surface area contributed by atoms with Crippen LogP contribution in [0.3, 0.4) is 0 Å². The third-order valence-corrected chi connectivity index (χ3v) is 3.86. The van der Waals surface area contributed by atoms with E-state index in [-0.39, 0.29) is 11.8 Å². The maximum atomic E-state index is 12.5. The van der Waals surface area contributed by atoms with Gasteiger partial charge in [0.05, 0.1) is 0 Å². The lowest BCUT2D eigenvalue weighted by molar-refractivity contribution is -0.125. The van der Waals surface area contributed by atoms with Crippen LogP contribution in [0.1, 0.15) is 10.4 Å². The molecule has 1 heterocycles. The third kappa shape index (κ3) is 3.24. The number of piperazine rings is 1. The number of rotatable bonds is 2. The highest BCUT2D eigenvalue weighted by Crippen LogP contribution is 2.13. The summed E-state index contributed by atoms with van der Waals surface area (Å²) in [6, 6.07) is 6.95. The average molecular weight is 373 g/mol. The number of hydrogen-bond acceptors (Lipinski definition) is 3. The molecule has 1 unspecified atom stereocenters. The van der Waals surface area contributed by atoms with Gasteiger partial charge in [0.15, 0.2) is 0 Å². The minimum Gasteiger partial charge on any atom is -0.357 e. The molecule has 0 aromatic heterocycles. The lowest BCUT2D eigenvalue weighted by atomic mass is 10.1. The van der Waals surface area contributed by atoms with Gasteiger partial charge in [0.2, 0.25) is 5.91 Å². The summed E-state index contributed by atoms with van der Waals surface area (Å²) >= 11 is 2.20. The van der Waals surface area contributed by atoms with Crippen molar-refractivity contribution in [3.63, 3.8) is 0 Å². The molecule has 2 amide bonds. The van der Waals surface area contributed by atoms with E-state index >= 15 is 0 Å². The quantitative estimate of drug-likeness (QED) is 0.741.